The Morgan fingerprint density at radius 2 is 1.95 bits per heavy atom. The maximum absolute atomic E-state index is 11.6. The zero-order chi connectivity index (χ0) is 15.5. The molecule has 0 fully saturated rings. The Labute approximate surface area is 129 Å². The third kappa shape index (κ3) is 5.19. The first-order valence-corrected chi connectivity index (χ1v) is 6.98. The highest BCUT2D eigenvalue weighted by Crippen LogP contribution is 2.28. The fourth-order valence-corrected chi connectivity index (χ4v) is 2.10. The second kappa shape index (κ2) is 6.66. The Morgan fingerprint density at radius 1 is 1.35 bits per heavy atom. The topological polar surface area (TPSA) is 58.6 Å². The van der Waals surface area contributed by atoms with Gasteiger partial charge in [0.25, 0.3) is 0 Å². The minimum absolute atomic E-state index is 0.350. The van der Waals surface area contributed by atoms with Crippen molar-refractivity contribution in [3.63, 3.8) is 0 Å². The molecule has 2 atom stereocenters. The van der Waals surface area contributed by atoms with Crippen molar-refractivity contribution in [2.75, 3.05) is 0 Å². The minimum Gasteiger partial charge on any atom is -0.444 e. The molecule has 1 amide bonds. The van der Waals surface area contributed by atoms with Crippen LogP contribution in [0, 0.1) is 0 Å². The van der Waals surface area contributed by atoms with Crippen LogP contribution < -0.4 is 5.32 Å². The van der Waals surface area contributed by atoms with Crippen molar-refractivity contribution in [3.05, 3.63) is 33.8 Å². The van der Waals surface area contributed by atoms with E-state index in [0.29, 0.717) is 15.6 Å². The van der Waals surface area contributed by atoms with E-state index in [1.165, 1.54) is 0 Å². The summed E-state index contributed by atoms with van der Waals surface area (Å²) in [6, 6.07) is 4.25. The molecule has 0 aliphatic rings. The van der Waals surface area contributed by atoms with Crippen LogP contribution in [0.25, 0.3) is 0 Å². The van der Waals surface area contributed by atoms with Crippen molar-refractivity contribution in [3.8, 4) is 0 Å². The van der Waals surface area contributed by atoms with Crippen LogP contribution in [-0.4, -0.2) is 22.8 Å². The molecule has 1 aromatic rings. The number of amides is 1. The quantitative estimate of drug-likeness (QED) is 0.887. The molecule has 0 heterocycles. The van der Waals surface area contributed by atoms with E-state index in [-0.39, 0.29) is 0 Å². The number of aliphatic hydroxyl groups is 1. The average molecular weight is 320 g/mol. The van der Waals surface area contributed by atoms with Crippen LogP contribution in [0.3, 0.4) is 0 Å². The molecule has 0 saturated heterocycles. The predicted octanol–water partition coefficient (Wildman–Crippen LogP) is 3.94. The number of rotatable bonds is 3. The normalized spacial score (nSPS) is 14.6. The molecule has 0 aliphatic carbocycles. The zero-order valence-electron chi connectivity index (χ0n) is 11.9. The summed E-state index contributed by atoms with van der Waals surface area (Å²) in [6.45, 7) is 6.97. The first kappa shape index (κ1) is 17.1. The molecule has 0 spiro atoms. The van der Waals surface area contributed by atoms with Gasteiger partial charge in [0.1, 0.15) is 11.7 Å². The molecule has 2 N–H and O–H groups in total. The largest absolute Gasteiger partial charge is 0.444 e. The number of aliphatic hydroxyl groups excluding tert-OH is 1. The summed E-state index contributed by atoms with van der Waals surface area (Å²) in [7, 11) is 0. The number of hydrogen-bond donors (Lipinski definition) is 2. The summed E-state index contributed by atoms with van der Waals surface area (Å²) in [4.78, 5) is 11.6. The fraction of sp³-hybridized carbons (Fsp3) is 0.500. The third-order valence-electron chi connectivity index (χ3n) is 2.50. The zero-order valence-corrected chi connectivity index (χ0v) is 13.4. The number of carbonyl (C=O) groups is 1. The van der Waals surface area contributed by atoms with Gasteiger partial charge in [-0.05, 0) is 39.8 Å². The molecule has 0 aromatic heterocycles. The number of benzene rings is 1. The summed E-state index contributed by atoms with van der Waals surface area (Å²) >= 11 is 11.8. The fourth-order valence-electron chi connectivity index (χ4n) is 1.58. The highest BCUT2D eigenvalue weighted by Gasteiger charge is 2.23. The summed E-state index contributed by atoms with van der Waals surface area (Å²) in [6.07, 6.45) is -1.54. The van der Waals surface area contributed by atoms with Gasteiger partial charge < -0.3 is 15.2 Å². The van der Waals surface area contributed by atoms with Crippen LogP contribution in [0.2, 0.25) is 10.0 Å². The Hall–Kier alpha value is -0.970. The summed E-state index contributed by atoms with van der Waals surface area (Å²) < 4.78 is 5.13. The number of carbonyl (C=O) groups excluding carboxylic acids is 1. The van der Waals surface area contributed by atoms with Crippen molar-refractivity contribution >= 4 is 29.3 Å². The van der Waals surface area contributed by atoms with Gasteiger partial charge in [-0.2, -0.15) is 0 Å². The molecule has 112 valence electrons. The van der Waals surface area contributed by atoms with Gasteiger partial charge in [0.15, 0.2) is 0 Å². The van der Waals surface area contributed by atoms with Crippen molar-refractivity contribution in [1.29, 1.82) is 0 Å². The van der Waals surface area contributed by atoms with Gasteiger partial charge in [-0.15, -0.1) is 0 Å². The second-order valence-corrected chi connectivity index (χ2v) is 6.39. The molecule has 1 aromatic carbocycles. The Kier molecular flexibility index (Phi) is 5.68. The lowest BCUT2D eigenvalue weighted by Gasteiger charge is -2.25. The molecule has 0 aliphatic heterocycles. The van der Waals surface area contributed by atoms with Crippen molar-refractivity contribution in [2.45, 2.75) is 45.4 Å². The standard InChI is InChI=1S/C14H19Cl2NO3/c1-8(17-13(19)20-14(2,3)4)12(18)10-6-5-9(15)7-11(10)16/h5-8,12,18H,1-4H3,(H,17,19). The van der Waals surface area contributed by atoms with E-state index in [1.807, 2.05) is 0 Å². The van der Waals surface area contributed by atoms with Gasteiger partial charge in [0, 0.05) is 15.6 Å². The molecule has 0 radical (unpaired) electrons. The van der Waals surface area contributed by atoms with Gasteiger partial charge in [-0.25, -0.2) is 4.79 Å². The summed E-state index contributed by atoms with van der Waals surface area (Å²) in [5.74, 6) is 0. The molecule has 0 saturated carbocycles. The first-order chi connectivity index (χ1) is 9.10. The lowest BCUT2D eigenvalue weighted by molar-refractivity contribution is 0.0436. The van der Waals surface area contributed by atoms with Crippen LogP contribution in [0.4, 0.5) is 4.79 Å². The molecular formula is C14H19Cl2NO3. The third-order valence-corrected chi connectivity index (χ3v) is 3.06. The van der Waals surface area contributed by atoms with Crippen LogP contribution in [0.15, 0.2) is 18.2 Å². The Morgan fingerprint density at radius 3 is 2.45 bits per heavy atom. The molecule has 0 bridgehead atoms. The number of nitrogens with one attached hydrogen (secondary N) is 1. The van der Waals surface area contributed by atoms with Crippen LogP contribution >= 0.6 is 23.2 Å². The van der Waals surface area contributed by atoms with E-state index in [1.54, 1.807) is 45.9 Å². The number of ether oxygens (including phenoxy) is 1. The summed E-state index contributed by atoms with van der Waals surface area (Å²) in [5.41, 5.74) is -0.0909. The van der Waals surface area contributed by atoms with Gasteiger partial charge in [-0.3, -0.25) is 0 Å². The Bertz CT molecular complexity index is 486. The number of halogens is 2. The predicted molar refractivity (Wildman–Crippen MR) is 80.3 cm³/mol. The van der Waals surface area contributed by atoms with E-state index in [2.05, 4.69) is 5.32 Å². The SMILES string of the molecule is CC(NC(=O)OC(C)(C)C)C(O)c1ccc(Cl)cc1Cl. The molecule has 2 unspecified atom stereocenters. The van der Waals surface area contributed by atoms with E-state index in [0.717, 1.165) is 0 Å². The van der Waals surface area contributed by atoms with Gasteiger partial charge in [-0.1, -0.05) is 29.3 Å². The molecule has 4 nitrogen and oxygen atoms in total. The van der Waals surface area contributed by atoms with Gasteiger partial charge in [0.2, 0.25) is 0 Å². The summed E-state index contributed by atoms with van der Waals surface area (Å²) in [5, 5.41) is 13.6. The monoisotopic (exact) mass is 319 g/mol. The highest BCUT2D eigenvalue weighted by atomic mass is 35.5. The number of hydrogen-bond acceptors (Lipinski definition) is 3. The molecule has 1 rings (SSSR count). The molecule has 6 heteroatoms. The first-order valence-electron chi connectivity index (χ1n) is 6.22. The van der Waals surface area contributed by atoms with Gasteiger partial charge >= 0.3 is 6.09 Å². The highest BCUT2D eigenvalue weighted by molar-refractivity contribution is 6.35. The van der Waals surface area contributed by atoms with E-state index >= 15 is 0 Å². The van der Waals surface area contributed by atoms with E-state index in [9.17, 15) is 9.90 Å². The van der Waals surface area contributed by atoms with Crippen molar-refractivity contribution < 1.29 is 14.6 Å². The minimum atomic E-state index is -0.952. The van der Waals surface area contributed by atoms with Crippen molar-refractivity contribution in [2.24, 2.45) is 0 Å². The number of alkyl carbamates (subject to hydrolysis) is 1. The second-order valence-electron chi connectivity index (χ2n) is 5.55. The van der Waals surface area contributed by atoms with E-state index < -0.39 is 23.8 Å². The van der Waals surface area contributed by atoms with Crippen LogP contribution in [-0.2, 0) is 4.74 Å². The van der Waals surface area contributed by atoms with Crippen molar-refractivity contribution in [1.82, 2.24) is 5.32 Å². The lowest BCUT2D eigenvalue weighted by atomic mass is 10.0. The smallest absolute Gasteiger partial charge is 0.407 e. The van der Waals surface area contributed by atoms with Crippen LogP contribution in [0.5, 0.6) is 0 Å². The average Bonchev–Trinajstić information content (AvgIpc) is 2.25. The van der Waals surface area contributed by atoms with Gasteiger partial charge in [0.05, 0.1) is 6.04 Å². The molecule has 20 heavy (non-hydrogen) atoms. The van der Waals surface area contributed by atoms with E-state index in [4.69, 9.17) is 27.9 Å². The van der Waals surface area contributed by atoms with Crippen LogP contribution in [0.1, 0.15) is 39.4 Å². The Balaban J connectivity index is 2.72. The maximum atomic E-state index is 11.6. The molecular weight excluding hydrogens is 301 g/mol. The lowest BCUT2D eigenvalue weighted by Crippen LogP contribution is -2.40. The maximum Gasteiger partial charge on any atom is 0.407 e.